The van der Waals surface area contributed by atoms with Gasteiger partial charge in [0.25, 0.3) is 5.56 Å². The zero-order chi connectivity index (χ0) is 25.2. The smallest absolute Gasteiger partial charge is 0.261 e. The number of rotatable bonds is 7. The van der Waals surface area contributed by atoms with Crippen LogP contribution in [0, 0.1) is 6.92 Å². The van der Waals surface area contributed by atoms with Gasteiger partial charge < -0.3 is 34.8 Å². The van der Waals surface area contributed by atoms with Crippen molar-refractivity contribution in [2.75, 3.05) is 50.2 Å². The SMILES string of the molecule is COc1ccc([C@H](O)CNc2cc[nH]c(=O)c2-c2nc3c(C)cc(N4CCOCC4)cc3[nH]2)cc1Cl. The average molecular weight is 510 g/mol. The summed E-state index contributed by atoms with van der Waals surface area (Å²) in [5.41, 5.74) is 5.06. The van der Waals surface area contributed by atoms with E-state index in [1.54, 1.807) is 30.5 Å². The molecule has 4 aromatic rings. The maximum absolute atomic E-state index is 12.9. The lowest BCUT2D eigenvalue weighted by Gasteiger charge is -2.29. The van der Waals surface area contributed by atoms with Crippen LogP contribution in [0.25, 0.3) is 22.4 Å². The van der Waals surface area contributed by atoms with Crippen molar-refractivity contribution in [3.8, 4) is 17.1 Å². The molecule has 0 amide bonds. The van der Waals surface area contributed by atoms with E-state index in [1.165, 1.54) is 7.11 Å². The monoisotopic (exact) mass is 509 g/mol. The highest BCUT2D eigenvalue weighted by Gasteiger charge is 2.19. The highest BCUT2D eigenvalue weighted by Crippen LogP contribution is 2.31. The number of morpholine rings is 1. The molecule has 188 valence electrons. The Kier molecular flexibility index (Phi) is 6.86. The molecule has 5 rings (SSSR count). The van der Waals surface area contributed by atoms with Crippen LogP contribution in [0.2, 0.25) is 5.02 Å². The van der Waals surface area contributed by atoms with Crippen molar-refractivity contribution in [1.29, 1.82) is 0 Å². The third-order valence-electron chi connectivity index (χ3n) is 6.38. The fourth-order valence-electron chi connectivity index (χ4n) is 4.47. The molecule has 0 unspecified atom stereocenters. The Morgan fingerprint density at radius 2 is 2.06 bits per heavy atom. The molecule has 1 fully saturated rings. The van der Waals surface area contributed by atoms with E-state index in [0.29, 0.717) is 46.6 Å². The van der Waals surface area contributed by atoms with E-state index in [0.717, 1.165) is 35.4 Å². The number of methoxy groups -OCH3 is 1. The molecule has 2 aromatic heterocycles. The Bertz CT molecular complexity index is 1440. The number of aliphatic hydroxyl groups excluding tert-OH is 1. The molecular weight excluding hydrogens is 482 g/mol. The molecule has 1 saturated heterocycles. The van der Waals surface area contributed by atoms with Crippen LogP contribution >= 0.6 is 11.6 Å². The summed E-state index contributed by atoms with van der Waals surface area (Å²) >= 11 is 6.21. The second-order valence-corrected chi connectivity index (χ2v) is 9.14. The number of hydrogen-bond donors (Lipinski definition) is 4. The number of anilines is 2. The number of aromatic nitrogens is 3. The first-order chi connectivity index (χ1) is 17.4. The molecule has 3 heterocycles. The summed E-state index contributed by atoms with van der Waals surface area (Å²) in [5, 5.41) is 14.3. The molecule has 0 radical (unpaired) electrons. The van der Waals surface area contributed by atoms with Gasteiger partial charge in [-0.15, -0.1) is 0 Å². The number of aryl methyl sites for hydroxylation is 1. The van der Waals surface area contributed by atoms with Gasteiger partial charge >= 0.3 is 0 Å². The molecule has 2 aromatic carbocycles. The Balaban J connectivity index is 1.43. The van der Waals surface area contributed by atoms with Crippen molar-refractivity contribution in [2.45, 2.75) is 13.0 Å². The molecule has 0 spiro atoms. The van der Waals surface area contributed by atoms with E-state index >= 15 is 0 Å². The molecule has 1 atom stereocenters. The van der Waals surface area contributed by atoms with Crippen LogP contribution in [0.3, 0.4) is 0 Å². The number of aliphatic hydroxyl groups is 1. The van der Waals surface area contributed by atoms with Crippen molar-refractivity contribution < 1.29 is 14.6 Å². The molecule has 9 nitrogen and oxygen atoms in total. The summed E-state index contributed by atoms with van der Waals surface area (Å²) in [4.78, 5) is 26.0. The van der Waals surface area contributed by atoms with E-state index < -0.39 is 6.10 Å². The summed E-state index contributed by atoms with van der Waals surface area (Å²) in [6, 6.07) is 11.1. The van der Waals surface area contributed by atoms with Crippen LogP contribution in [0.1, 0.15) is 17.2 Å². The number of aromatic amines is 2. The maximum atomic E-state index is 12.9. The molecule has 10 heteroatoms. The Hall–Kier alpha value is -3.53. The van der Waals surface area contributed by atoms with Gasteiger partial charge in [0.15, 0.2) is 0 Å². The number of H-pyrrole nitrogens is 2. The lowest BCUT2D eigenvalue weighted by atomic mass is 10.1. The molecule has 0 bridgehead atoms. The van der Waals surface area contributed by atoms with Crippen LogP contribution < -0.4 is 20.5 Å². The number of nitrogens with one attached hydrogen (secondary N) is 3. The molecular formula is C26H28ClN5O4. The third-order valence-corrected chi connectivity index (χ3v) is 6.68. The van der Waals surface area contributed by atoms with Crippen LogP contribution in [0.15, 0.2) is 47.4 Å². The van der Waals surface area contributed by atoms with Gasteiger partial charge in [-0.1, -0.05) is 17.7 Å². The number of benzene rings is 2. The number of imidazole rings is 1. The van der Waals surface area contributed by atoms with Gasteiger partial charge in [0.05, 0.1) is 48.2 Å². The fraction of sp³-hybridized carbons (Fsp3) is 0.308. The van der Waals surface area contributed by atoms with Gasteiger partial charge in [0.2, 0.25) is 0 Å². The first-order valence-electron chi connectivity index (χ1n) is 11.7. The quantitative estimate of drug-likeness (QED) is 0.299. The van der Waals surface area contributed by atoms with Crippen molar-refractivity contribution in [1.82, 2.24) is 15.0 Å². The fourth-order valence-corrected chi connectivity index (χ4v) is 4.74. The normalized spacial score (nSPS) is 14.7. The molecule has 0 aliphatic carbocycles. The van der Waals surface area contributed by atoms with E-state index in [4.69, 9.17) is 26.1 Å². The molecule has 1 aliphatic rings. The highest BCUT2D eigenvalue weighted by molar-refractivity contribution is 6.32. The van der Waals surface area contributed by atoms with E-state index in [-0.39, 0.29) is 12.1 Å². The van der Waals surface area contributed by atoms with Gasteiger partial charge in [-0.3, -0.25) is 4.79 Å². The summed E-state index contributed by atoms with van der Waals surface area (Å²) in [5.74, 6) is 0.993. The predicted molar refractivity (Wildman–Crippen MR) is 141 cm³/mol. The molecule has 1 aliphatic heterocycles. The summed E-state index contributed by atoms with van der Waals surface area (Å²) in [6.07, 6.45) is 0.712. The Morgan fingerprint density at radius 1 is 1.25 bits per heavy atom. The lowest BCUT2D eigenvalue weighted by Crippen LogP contribution is -2.36. The van der Waals surface area contributed by atoms with E-state index in [2.05, 4.69) is 32.3 Å². The first kappa shape index (κ1) is 24.2. The lowest BCUT2D eigenvalue weighted by molar-refractivity contribution is 0.122. The standard InChI is InChI=1S/C26H28ClN5O4/c1-15-11-17(32-7-9-36-10-8-32)13-20-24(15)31-25(30-20)23-19(5-6-28-26(23)34)29-14-21(33)16-3-4-22(35-2)18(27)12-16/h3-6,11-13,21,33H,7-10,14H2,1-2H3,(H,30,31)(H2,28,29,34)/t21-/m1/s1. The van der Waals surface area contributed by atoms with Crippen LogP contribution in [-0.2, 0) is 4.74 Å². The van der Waals surface area contributed by atoms with Crippen molar-refractivity contribution in [3.63, 3.8) is 0 Å². The molecule has 0 saturated carbocycles. The van der Waals surface area contributed by atoms with Crippen molar-refractivity contribution in [3.05, 3.63) is 69.1 Å². The second-order valence-electron chi connectivity index (χ2n) is 8.73. The van der Waals surface area contributed by atoms with Gasteiger partial charge in [0.1, 0.15) is 17.1 Å². The number of ether oxygens (including phenoxy) is 2. The number of pyridine rings is 1. The summed E-state index contributed by atoms with van der Waals surface area (Å²) in [7, 11) is 1.54. The van der Waals surface area contributed by atoms with Crippen molar-refractivity contribution >= 4 is 34.0 Å². The molecule has 4 N–H and O–H groups in total. The summed E-state index contributed by atoms with van der Waals surface area (Å²) in [6.45, 7) is 5.25. The number of hydrogen-bond acceptors (Lipinski definition) is 7. The molecule has 36 heavy (non-hydrogen) atoms. The summed E-state index contributed by atoms with van der Waals surface area (Å²) < 4.78 is 10.7. The van der Waals surface area contributed by atoms with Crippen LogP contribution in [0.5, 0.6) is 5.75 Å². The minimum atomic E-state index is -0.852. The van der Waals surface area contributed by atoms with E-state index in [1.807, 2.05) is 6.92 Å². The number of fused-ring (bicyclic) bond motifs is 1. The zero-order valence-electron chi connectivity index (χ0n) is 20.1. The van der Waals surface area contributed by atoms with Gasteiger partial charge in [-0.25, -0.2) is 4.98 Å². The van der Waals surface area contributed by atoms with Crippen molar-refractivity contribution in [2.24, 2.45) is 0 Å². The van der Waals surface area contributed by atoms with E-state index in [9.17, 15) is 9.90 Å². The largest absolute Gasteiger partial charge is 0.495 e. The number of nitrogens with zero attached hydrogens (tertiary/aromatic N) is 2. The Morgan fingerprint density at radius 3 is 2.81 bits per heavy atom. The second kappa shape index (κ2) is 10.2. The third kappa shape index (κ3) is 4.77. The Labute approximate surface area is 213 Å². The maximum Gasteiger partial charge on any atom is 0.261 e. The first-order valence-corrected chi connectivity index (χ1v) is 12.1. The minimum Gasteiger partial charge on any atom is -0.495 e. The topological polar surface area (TPSA) is 116 Å². The van der Waals surface area contributed by atoms with Gasteiger partial charge in [-0.2, -0.15) is 0 Å². The predicted octanol–water partition coefficient (Wildman–Crippen LogP) is 3.87. The van der Waals surface area contributed by atoms with Gasteiger partial charge in [0, 0.05) is 31.5 Å². The van der Waals surface area contributed by atoms with Crippen LogP contribution in [0.4, 0.5) is 11.4 Å². The minimum absolute atomic E-state index is 0.166. The zero-order valence-corrected chi connectivity index (χ0v) is 20.9. The number of halogens is 1. The van der Waals surface area contributed by atoms with Gasteiger partial charge in [-0.05, 0) is 48.4 Å². The highest BCUT2D eigenvalue weighted by atomic mass is 35.5. The van der Waals surface area contributed by atoms with Crippen LogP contribution in [-0.4, -0.2) is 60.0 Å². The average Bonchev–Trinajstić information content (AvgIpc) is 3.32.